The topological polar surface area (TPSA) is 95.2 Å². The minimum atomic E-state index is -0.359. The van der Waals surface area contributed by atoms with Crippen LogP contribution in [0.2, 0.25) is 0 Å². The monoisotopic (exact) mass is 368 g/mol. The molecule has 1 aliphatic heterocycles. The average molecular weight is 368 g/mol. The van der Waals surface area contributed by atoms with Gasteiger partial charge >= 0.3 is 6.03 Å². The van der Waals surface area contributed by atoms with Gasteiger partial charge in [0.05, 0.1) is 42.6 Å². The van der Waals surface area contributed by atoms with E-state index in [-0.39, 0.29) is 18.2 Å². The van der Waals surface area contributed by atoms with Crippen molar-refractivity contribution < 1.29 is 9.53 Å². The van der Waals surface area contributed by atoms with Crippen LogP contribution in [0.25, 0.3) is 0 Å². The molecule has 8 heteroatoms. The maximum absolute atomic E-state index is 12.4. The number of nitrogens with one attached hydrogen (secondary N) is 2. The predicted octanol–water partition coefficient (Wildman–Crippen LogP) is 3.05. The second kappa shape index (κ2) is 8.56. The molecule has 0 bridgehead atoms. The molecule has 8 nitrogen and oxygen atoms in total. The molecule has 142 valence electrons. The first-order valence-electron chi connectivity index (χ1n) is 9.03. The molecule has 1 aliphatic rings. The normalized spacial score (nSPS) is 19.4. The zero-order valence-corrected chi connectivity index (χ0v) is 15.6. The minimum absolute atomic E-state index is 0.132. The van der Waals surface area contributed by atoms with Gasteiger partial charge in [0, 0.05) is 25.4 Å². The highest BCUT2D eigenvalue weighted by Gasteiger charge is 2.24. The summed E-state index contributed by atoms with van der Waals surface area (Å²) in [6, 6.07) is 11.1. The number of rotatable bonds is 5. The number of ether oxygens (including phenoxy) is 1. The fourth-order valence-corrected chi connectivity index (χ4v) is 3.22. The van der Waals surface area contributed by atoms with E-state index in [0.29, 0.717) is 18.8 Å². The highest BCUT2D eigenvalue weighted by molar-refractivity contribution is 6.01. The fourth-order valence-electron chi connectivity index (χ4n) is 3.22. The lowest BCUT2D eigenvalue weighted by Crippen LogP contribution is -2.45. The molecule has 2 atom stereocenters. The lowest BCUT2D eigenvalue weighted by Gasteiger charge is -2.37. The van der Waals surface area contributed by atoms with Crippen LogP contribution in [0.3, 0.4) is 0 Å². The first-order chi connectivity index (χ1) is 13.0. The summed E-state index contributed by atoms with van der Waals surface area (Å²) in [4.78, 5) is 14.6. The van der Waals surface area contributed by atoms with E-state index < -0.39 is 0 Å². The first kappa shape index (κ1) is 18.7. The van der Waals surface area contributed by atoms with Gasteiger partial charge in [0.25, 0.3) is 0 Å². The van der Waals surface area contributed by atoms with Crippen molar-refractivity contribution in [2.45, 2.75) is 39.0 Å². The first-order valence-corrected chi connectivity index (χ1v) is 9.03. The molecule has 0 spiro atoms. The number of hydrogen-bond acceptors (Lipinski definition) is 5. The van der Waals surface area contributed by atoms with E-state index in [1.54, 1.807) is 16.9 Å². The Kier molecular flexibility index (Phi) is 5.94. The van der Waals surface area contributed by atoms with Gasteiger partial charge in [0.2, 0.25) is 0 Å². The molecule has 3 rings (SSSR count). The van der Waals surface area contributed by atoms with Crippen LogP contribution in [0.1, 0.15) is 20.3 Å². The van der Waals surface area contributed by atoms with Crippen molar-refractivity contribution in [3.63, 3.8) is 0 Å². The standard InChI is InChI=1S/C19H24N6O2/c1-14-12-24(13-15(2)27-14)17-7-4-3-6-16(17)21-19(26)22-18-8-11-25(23-18)10-5-9-20/h3-4,6-8,11,14-15H,5,10,12-13H2,1-2H3,(H2,21,22,23,26)/t14-,15+. The van der Waals surface area contributed by atoms with Gasteiger partial charge in [-0.15, -0.1) is 0 Å². The maximum atomic E-state index is 12.4. The second-order valence-electron chi connectivity index (χ2n) is 6.63. The van der Waals surface area contributed by atoms with Crippen molar-refractivity contribution >= 4 is 23.2 Å². The summed E-state index contributed by atoms with van der Waals surface area (Å²) >= 11 is 0. The van der Waals surface area contributed by atoms with Crippen molar-refractivity contribution in [1.29, 1.82) is 5.26 Å². The number of anilines is 3. The molecular weight excluding hydrogens is 344 g/mol. The highest BCUT2D eigenvalue weighted by atomic mass is 16.5. The van der Waals surface area contributed by atoms with Crippen LogP contribution in [0.5, 0.6) is 0 Å². The van der Waals surface area contributed by atoms with Crippen LogP contribution in [0.15, 0.2) is 36.5 Å². The quantitative estimate of drug-likeness (QED) is 0.846. The lowest BCUT2D eigenvalue weighted by molar-refractivity contribution is -0.00517. The summed E-state index contributed by atoms with van der Waals surface area (Å²) in [7, 11) is 0. The summed E-state index contributed by atoms with van der Waals surface area (Å²) in [6.07, 6.45) is 2.37. The summed E-state index contributed by atoms with van der Waals surface area (Å²) < 4.78 is 7.42. The molecule has 1 aromatic heterocycles. The van der Waals surface area contributed by atoms with E-state index in [9.17, 15) is 4.79 Å². The largest absolute Gasteiger partial charge is 0.372 e. The number of morpholine rings is 1. The Morgan fingerprint density at radius 1 is 1.26 bits per heavy atom. The number of nitriles is 1. The van der Waals surface area contributed by atoms with Crippen molar-refractivity contribution in [3.8, 4) is 6.07 Å². The summed E-state index contributed by atoms with van der Waals surface area (Å²) in [6.45, 7) is 6.14. The van der Waals surface area contributed by atoms with Crippen LogP contribution in [0, 0.1) is 11.3 Å². The third-order valence-electron chi connectivity index (χ3n) is 4.25. The Hall–Kier alpha value is -3.05. The van der Waals surface area contributed by atoms with Crippen LogP contribution in [-0.2, 0) is 11.3 Å². The molecule has 1 fully saturated rings. The number of para-hydroxylation sites is 2. The van der Waals surface area contributed by atoms with Crippen molar-refractivity contribution in [2.24, 2.45) is 0 Å². The molecule has 2 N–H and O–H groups in total. The second-order valence-corrected chi connectivity index (χ2v) is 6.63. The van der Waals surface area contributed by atoms with Crippen LogP contribution in [-0.4, -0.2) is 41.1 Å². The number of amides is 2. The van der Waals surface area contributed by atoms with Gasteiger partial charge in [0.1, 0.15) is 0 Å². The molecule has 0 unspecified atom stereocenters. The number of carbonyl (C=O) groups excluding carboxylic acids is 1. The van der Waals surface area contributed by atoms with E-state index in [1.807, 2.05) is 38.1 Å². The van der Waals surface area contributed by atoms with Gasteiger partial charge in [-0.2, -0.15) is 10.4 Å². The number of carbonyl (C=O) groups is 1. The third kappa shape index (κ3) is 4.99. The van der Waals surface area contributed by atoms with Crippen LogP contribution < -0.4 is 15.5 Å². The highest BCUT2D eigenvalue weighted by Crippen LogP contribution is 2.28. The predicted molar refractivity (Wildman–Crippen MR) is 104 cm³/mol. The van der Waals surface area contributed by atoms with Crippen LogP contribution >= 0.6 is 0 Å². The molecule has 1 saturated heterocycles. The summed E-state index contributed by atoms with van der Waals surface area (Å²) in [5.41, 5.74) is 1.70. The lowest BCUT2D eigenvalue weighted by atomic mass is 10.1. The molecule has 0 aliphatic carbocycles. The Balaban J connectivity index is 1.66. The molecule has 2 aromatic rings. The molecule has 2 heterocycles. The zero-order valence-electron chi connectivity index (χ0n) is 15.6. The van der Waals surface area contributed by atoms with E-state index in [0.717, 1.165) is 24.5 Å². The fraction of sp³-hybridized carbons (Fsp3) is 0.421. The van der Waals surface area contributed by atoms with Gasteiger partial charge < -0.3 is 15.0 Å². The number of urea groups is 1. The molecule has 0 radical (unpaired) electrons. The zero-order chi connectivity index (χ0) is 19.2. The number of aromatic nitrogens is 2. The Morgan fingerprint density at radius 3 is 2.74 bits per heavy atom. The summed E-state index contributed by atoms with van der Waals surface area (Å²) in [5.74, 6) is 0.441. The maximum Gasteiger partial charge on any atom is 0.324 e. The van der Waals surface area contributed by atoms with Crippen molar-refractivity contribution in [1.82, 2.24) is 9.78 Å². The van der Waals surface area contributed by atoms with Gasteiger partial charge in [-0.1, -0.05) is 12.1 Å². The number of benzene rings is 1. The number of aryl methyl sites for hydroxylation is 1. The molecular formula is C19H24N6O2. The smallest absolute Gasteiger partial charge is 0.324 e. The third-order valence-corrected chi connectivity index (χ3v) is 4.25. The Morgan fingerprint density at radius 2 is 2.00 bits per heavy atom. The molecule has 27 heavy (non-hydrogen) atoms. The molecule has 0 saturated carbocycles. The van der Waals surface area contributed by atoms with E-state index in [1.165, 1.54) is 0 Å². The SMILES string of the molecule is C[C@@H]1CN(c2ccccc2NC(=O)Nc2ccn(CCC#N)n2)C[C@H](C)O1. The molecule has 1 aromatic carbocycles. The van der Waals surface area contributed by atoms with E-state index >= 15 is 0 Å². The van der Waals surface area contributed by atoms with Crippen molar-refractivity contribution in [2.75, 3.05) is 28.6 Å². The van der Waals surface area contributed by atoms with Gasteiger partial charge in [0.15, 0.2) is 5.82 Å². The molecule has 2 amide bonds. The van der Waals surface area contributed by atoms with E-state index in [2.05, 4.69) is 26.7 Å². The minimum Gasteiger partial charge on any atom is -0.372 e. The Labute approximate surface area is 158 Å². The van der Waals surface area contributed by atoms with Gasteiger partial charge in [-0.05, 0) is 26.0 Å². The van der Waals surface area contributed by atoms with Crippen molar-refractivity contribution in [3.05, 3.63) is 36.5 Å². The van der Waals surface area contributed by atoms with Gasteiger partial charge in [-0.3, -0.25) is 10.00 Å². The number of nitrogens with zero attached hydrogens (tertiary/aromatic N) is 4. The Bertz CT molecular complexity index is 818. The summed E-state index contributed by atoms with van der Waals surface area (Å²) in [5, 5.41) is 18.5. The van der Waals surface area contributed by atoms with Crippen LogP contribution in [0.4, 0.5) is 22.0 Å². The average Bonchev–Trinajstić information content (AvgIpc) is 3.06. The van der Waals surface area contributed by atoms with Gasteiger partial charge in [-0.25, -0.2) is 4.79 Å². The van der Waals surface area contributed by atoms with E-state index in [4.69, 9.17) is 10.00 Å². The number of hydrogen-bond donors (Lipinski definition) is 2.